The van der Waals surface area contributed by atoms with E-state index in [0.717, 1.165) is 35.5 Å². The van der Waals surface area contributed by atoms with Crippen LogP contribution in [0, 0.1) is 0 Å². The lowest BCUT2D eigenvalue weighted by Gasteiger charge is -2.26. The fourth-order valence-electron chi connectivity index (χ4n) is 6.78. The van der Waals surface area contributed by atoms with Crippen molar-refractivity contribution in [2.75, 3.05) is 0 Å². The van der Waals surface area contributed by atoms with E-state index in [2.05, 4.69) is 0 Å². The lowest BCUT2D eigenvalue weighted by Crippen LogP contribution is -2.10. The molecule has 0 amide bonds. The molecule has 3 saturated carbocycles. The van der Waals surface area contributed by atoms with Crippen molar-refractivity contribution in [2.45, 2.75) is 74.0 Å². The molecule has 6 bridgehead atoms. The number of hydrogen-bond donors (Lipinski definition) is 0. The average molecular weight is 234 g/mol. The van der Waals surface area contributed by atoms with Gasteiger partial charge in [-0.1, -0.05) is 0 Å². The predicted molar refractivity (Wildman–Crippen MR) is 70.6 cm³/mol. The summed E-state index contributed by atoms with van der Waals surface area (Å²) in [7, 11) is 0. The summed E-state index contributed by atoms with van der Waals surface area (Å²) in [5.41, 5.74) is 11.7. The quantitative estimate of drug-likeness (QED) is 0.615. The Hall–Kier alpha value is -0.780. The van der Waals surface area contributed by atoms with E-state index < -0.39 is 0 Å². The van der Waals surface area contributed by atoms with E-state index >= 15 is 0 Å². The Bertz CT molecular complexity index is 473. The molecule has 3 fully saturated rings. The minimum atomic E-state index is 1.01. The van der Waals surface area contributed by atoms with Gasteiger partial charge in [-0.3, -0.25) is 0 Å². The Labute approximate surface area is 108 Å². The highest BCUT2D eigenvalue weighted by atomic mass is 14.6. The number of benzene rings is 1. The van der Waals surface area contributed by atoms with E-state index in [4.69, 9.17) is 0 Å². The van der Waals surface area contributed by atoms with Crippen LogP contribution in [0.5, 0.6) is 0 Å². The van der Waals surface area contributed by atoms with Crippen LogP contribution >= 0.6 is 0 Å². The molecule has 0 saturated heterocycles. The van der Waals surface area contributed by atoms with E-state index in [1.54, 1.807) is 0 Å². The molecule has 18 heavy (non-hydrogen) atoms. The normalized spacial score (nSPS) is 50.0. The average Bonchev–Trinajstić information content (AvgIpc) is 2.95. The fraction of sp³-hybridized carbons (Fsp3) is 0.667. The van der Waals surface area contributed by atoms with Gasteiger partial charge in [-0.15, -0.1) is 0 Å². The molecule has 0 heteroatoms. The van der Waals surface area contributed by atoms with Crippen LogP contribution in [0.25, 0.3) is 0 Å². The first kappa shape index (κ1) is 8.40. The second-order valence-electron chi connectivity index (χ2n) is 8.08. The van der Waals surface area contributed by atoms with Crippen molar-refractivity contribution in [1.29, 1.82) is 0 Å². The summed E-state index contributed by atoms with van der Waals surface area (Å²) in [5.74, 6) is 6.09. The maximum atomic E-state index is 1.95. The first-order valence-electron chi connectivity index (χ1n) is 8.13. The molecule has 90 valence electrons. The highest BCUT2D eigenvalue weighted by Gasteiger charge is 2.57. The Morgan fingerprint density at radius 2 is 0.500 bits per heavy atom. The third-order valence-corrected chi connectivity index (χ3v) is 7.60. The molecule has 0 radical (unpaired) electrons. The third kappa shape index (κ3) is 0.607. The number of hydrogen-bond acceptors (Lipinski definition) is 0. The van der Waals surface area contributed by atoms with Crippen LogP contribution in [0.3, 0.4) is 0 Å². The van der Waals surface area contributed by atoms with Gasteiger partial charge in [0.2, 0.25) is 0 Å². The molecule has 9 aliphatic rings. The molecule has 0 unspecified atom stereocenters. The molecule has 0 heterocycles. The van der Waals surface area contributed by atoms with Crippen molar-refractivity contribution >= 4 is 0 Å². The van der Waals surface area contributed by atoms with Gasteiger partial charge in [-0.25, -0.2) is 0 Å². The van der Waals surface area contributed by atoms with Crippen LogP contribution in [-0.2, 0) is 0 Å². The van der Waals surface area contributed by atoms with Gasteiger partial charge in [0, 0.05) is 0 Å². The van der Waals surface area contributed by atoms with Crippen molar-refractivity contribution in [2.24, 2.45) is 0 Å². The molecular weight excluding hydrogens is 216 g/mol. The zero-order valence-electron chi connectivity index (χ0n) is 10.7. The smallest absolute Gasteiger partial charge is 0.0144 e. The van der Waals surface area contributed by atoms with Crippen molar-refractivity contribution in [3.05, 3.63) is 33.4 Å². The molecule has 1 aromatic rings. The van der Waals surface area contributed by atoms with Crippen molar-refractivity contribution in [3.63, 3.8) is 0 Å². The van der Waals surface area contributed by atoms with Gasteiger partial charge in [-0.2, -0.15) is 0 Å². The molecule has 10 rings (SSSR count). The monoisotopic (exact) mass is 234 g/mol. The first-order chi connectivity index (χ1) is 8.90. The minimum absolute atomic E-state index is 1.01. The molecule has 1 aromatic carbocycles. The van der Waals surface area contributed by atoms with Crippen LogP contribution in [-0.4, -0.2) is 0 Å². The van der Waals surface area contributed by atoms with Crippen LogP contribution in [0.1, 0.15) is 107 Å². The largest absolute Gasteiger partial charge is 0.0394 e. The van der Waals surface area contributed by atoms with Crippen molar-refractivity contribution in [3.8, 4) is 0 Å². The molecule has 0 aromatic heterocycles. The van der Waals surface area contributed by atoms with Gasteiger partial charge < -0.3 is 0 Å². The summed E-state index contributed by atoms with van der Waals surface area (Å²) >= 11 is 0. The Morgan fingerprint density at radius 1 is 0.333 bits per heavy atom. The summed E-state index contributed by atoms with van der Waals surface area (Å²) in [5, 5.41) is 0. The Morgan fingerprint density at radius 3 is 0.667 bits per heavy atom. The van der Waals surface area contributed by atoms with E-state index in [1.165, 1.54) is 38.5 Å². The SMILES string of the molecule is C1C2CC1c1c2c2c(c3c1C1CC3C1)C1CC2C1. The molecule has 0 aliphatic heterocycles. The highest BCUT2D eigenvalue weighted by molar-refractivity contribution is 5.70. The lowest BCUT2D eigenvalue weighted by molar-refractivity contribution is 0.389. The van der Waals surface area contributed by atoms with E-state index in [0.29, 0.717) is 0 Å². The second kappa shape index (κ2) is 2.21. The van der Waals surface area contributed by atoms with Gasteiger partial charge in [-0.05, 0) is 107 Å². The maximum Gasteiger partial charge on any atom is -0.0144 e. The van der Waals surface area contributed by atoms with Crippen LogP contribution < -0.4 is 0 Å². The second-order valence-corrected chi connectivity index (χ2v) is 8.08. The van der Waals surface area contributed by atoms with Crippen molar-refractivity contribution in [1.82, 2.24) is 0 Å². The van der Waals surface area contributed by atoms with Crippen LogP contribution in [0.4, 0.5) is 0 Å². The molecular formula is C18H18. The Balaban J connectivity index is 1.71. The van der Waals surface area contributed by atoms with E-state index in [1.807, 2.05) is 33.4 Å². The van der Waals surface area contributed by atoms with Gasteiger partial charge in [0.05, 0.1) is 0 Å². The summed E-state index contributed by atoms with van der Waals surface area (Å²) in [4.78, 5) is 0. The van der Waals surface area contributed by atoms with Crippen LogP contribution in [0.15, 0.2) is 0 Å². The zero-order chi connectivity index (χ0) is 11.2. The highest BCUT2D eigenvalue weighted by Crippen LogP contribution is 2.74. The maximum absolute atomic E-state index is 1.95. The molecule has 0 N–H and O–H groups in total. The van der Waals surface area contributed by atoms with E-state index in [9.17, 15) is 0 Å². The molecule has 0 atom stereocenters. The Kier molecular flexibility index (Phi) is 1.03. The fourth-order valence-corrected chi connectivity index (χ4v) is 6.78. The summed E-state index contributed by atoms with van der Waals surface area (Å²) in [6.45, 7) is 0. The summed E-state index contributed by atoms with van der Waals surface area (Å²) < 4.78 is 0. The third-order valence-electron chi connectivity index (χ3n) is 7.60. The predicted octanol–water partition coefficient (Wildman–Crippen LogP) is 4.61. The van der Waals surface area contributed by atoms with E-state index in [-0.39, 0.29) is 0 Å². The lowest BCUT2D eigenvalue weighted by atomic mass is 9.78. The molecule has 0 nitrogen and oxygen atoms in total. The van der Waals surface area contributed by atoms with Gasteiger partial charge >= 0.3 is 0 Å². The van der Waals surface area contributed by atoms with Gasteiger partial charge in [0.25, 0.3) is 0 Å². The standard InChI is InChI=1S/C18H18/c1-7-2-8(1)14-13(7)15-9-3-11(4-9)17(15)18-12-5-10(6-12)16(14)18/h7-12H,1-6H2. The van der Waals surface area contributed by atoms with Crippen LogP contribution in [0.2, 0.25) is 0 Å². The van der Waals surface area contributed by atoms with Gasteiger partial charge in [0.15, 0.2) is 0 Å². The zero-order valence-corrected chi connectivity index (χ0v) is 10.7. The van der Waals surface area contributed by atoms with Gasteiger partial charge in [0.1, 0.15) is 0 Å². The minimum Gasteiger partial charge on any atom is -0.0394 e. The molecule has 9 aliphatic carbocycles. The summed E-state index contributed by atoms with van der Waals surface area (Å²) in [6.07, 6.45) is 9.21. The number of rotatable bonds is 0. The topological polar surface area (TPSA) is 0 Å². The molecule has 0 spiro atoms. The summed E-state index contributed by atoms with van der Waals surface area (Å²) in [6, 6.07) is 0. The first-order valence-corrected chi connectivity index (χ1v) is 8.13. The van der Waals surface area contributed by atoms with Crippen molar-refractivity contribution < 1.29 is 0 Å².